The molecule has 0 spiro atoms. The highest BCUT2D eigenvalue weighted by atomic mass is 32.1. The van der Waals surface area contributed by atoms with E-state index < -0.39 is 0 Å². The Balaban J connectivity index is 1.46. The first-order valence-corrected chi connectivity index (χ1v) is 12.6. The summed E-state index contributed by atoms with van der Waals surface area (Å²) in [7, 11) is 1.49. The van der Waals surface area contributed by atoms with Crippen LogP contribution < -0.4 is 10.1 Å². The van der Waals surface area contributed by atoms with Gasteiger partial charge in [0.05, 0.1) is 12.1 Å². The van der Waals surface area contributed by atoms with Crippen LogP contribution in [0.15, 0.2) is 35.8 Å². The van der Waals surface area contributed by atoms with E-state index in [-0.39, 0.29) is 54.9 Å². The van der Waals surface area contributed by atoms with Crippen LogP contribution in [0.1, 0.15) is 21.7 Å². The molecule has 0 radical (unpaired) electrons. The molecule has 3 aliphatic heterocycles. The normalized spacial score (nSPS) is 25.1. The summed E-state index contributed by atoms with van der Waals surface area (Å²) in [5.74, 6) is -0.153. The van der Waals surface area contributed by atoms with Gasteiger partial charge in [-0.25, -0.2) is 4.98 Å². The number of thiophene rings is 1. The number of rotatable bonds is 4. The quantitative estimate of drug-likeness (QED) is 0.657. The largest absolute Gasteiger partial charge is 0.475 e. The van der Waals surface area contributed by atoms with Gasteiger partial charge in [0.1, 0.15) is 18.8 Å². The molecule has 2 aromatic rings. The van der Waals surface area contributed by atoms with E-state index in [9.17, 15) is 14.4 Å². The van der Waals surface area contributed by atoms with Gasteiger partial charge in [0, 0.05) is 56.9 Å². The lowest BCUT2D eigenvalue weighted by atomic mass is 10.1. The Hall–Kier alpha value is -3.02. The zero-order valence-electron chi connectivity index (χ0n) is 19.6. The number of pyridine rings is 1. The molecule has 3 atom stereocenters. The lowest BCUT2D eigenvalue weighted by Crippen LogP contribution is -2.61. The van der Waals surface area contributed by atoms with Crippen LogP contribution in [-0.2, 0) is 20.9 Å². The number of fused-ring (bicyclic) bond motifs is 4. The molecule has 186 valence electrons. The van der Waals surface area contributed by atoms with E-state index in [1.54, 1.807) is 34.6 Å². The van der Waals surface area contributed by atoms with E-state index in [0.717, 1.165) is 0 Å². The van der Waals surface area contributed by atoms with Crippen molar-refractivity contribution in [2.75, 3.05) is 46.5 Å². The van der Waals surface area contributed by atoms with Crippen LogP contribution in [0.3, 0.4) is 0 Å². The van der Waals surface area contributed by atoms with E-state index >= 15 is 0 Å². The molecule has 2 aromatic heterocycles. The van der Waals surface area contributed by atoms with Gasteiger partial charge in [-0.15, -0.1) is 11.3 Å². The molecule has 2 saturated heterocycles. The molecule has 35 heavy (non-hydrogen) atoms. The topological polar surface area (TPSA) is 104 Å². The molecule has 11 heteroatoms. The number of carbonyl (C=O) groups is 3. The third kappa shape index (κ3) is 5.02. The van der Waals surface area contributed by atoms with Crippen LogP contribution in [0.5, 0.6) is 5.88 Å². The van der Waals surface area contributed by atoms with Crippen molar-refractivity contribution in [3.05, 3.63) is 46.3 Å². The van der Waals surface area contributed by atoms with E-state index in [1.165, 1.54) is 12.0 Å². The fraction of sp³-hybridized carbons (Fsp3) is 0.500. The lowest BCUT2D eigenvalue weighted by molar-refractivity contribution is -0.148. The maximum Gasteiger partial charge on any atom is 0.257 e. The summed E-state index contributed by atoms with van der Waals surface area (Å²) in [5, 5.41) is 5.11. The van der Waals surface area contributed by atoms with Crippen LogP contribution in [0.25, 0.3) is 0 Å². The number of hydrogen-bond acceptors (Lipinski definition) is 8. The van der Waals surface area contributed by atoms with Crippen LogP contribution in [0.2, 0.25) is 0 Å². The minimum Gasteiger partial charge on any atom is -0.475 e. The summed E-state index contributed by atoms with van der Waals surface area (Å²) in [6.45, 7) is 2.53. The SMILES string of the molecule is COCC(=O)N1CCN2C(=O)[C@@H]3C[C@H](CN3Cc3cccs3)NC(=O)c3cccnc3OC[C@@H]2C1. The number of methoxy groups -OCH3 is 1. The van der Waals surface area contributed by atoms with Crippen molar-refractivity contribution in [3.63, 3.8) is 0 Å². The number of amides is 3. The number of ether oxygens (including phenoxy) is 2. The van der Waals surface area contributed by atoms with Gasteiger partial charge in [-0.3, -0.25) is 19.3 Å². The van der Waals surface area contributed by atoms with Gasteiger partial charge in [0.25, 0.3) is 5.91 Å². The van der Waals surface area contributed by atoms with Gasteiger partial charge in [-0.05, 0) is 30.0 Å². The summed E-state index contributed by atoms with van der Waals surface area (Å²) < 4.78 is 11.0. The molecule has 0 saturated carbocycles. The van der Waals surface area contributed by atoms with Gasteiger partial charge in [-0.2, -0.15) is 0 Å². The highest BCUT2D eigenvalue weighted by Gasteiger charge is 2.43. The first-order chi connectivity index (χ1) is 17.0. The molecule has 0 aliphatic carbocycles. The predicted molar refractivity (Wildman–Crippen MR) is 128 cm³/mol. The van der Waals surface area contributed by atoms with Crippen molar-refractivity contribution in [1.29, 1.82) is 0 Å². The number of hydrogen-bond donors (Lipinski definition) is 1. The van der Waals surface area contributed by atoms with Gasteiger partial charge in [0.15, 0.2) is 0 Å². The van der Waals surface area contributed by atoms with Gasteiger partial charge in [0.2, 0.25) is 17.7 Å². The Kier molecular flexibility index (Phi) is 6.98. The molecule has 1 N–H and O–H groups in total. The Morgan fingerprint density at radius 3 is 2.94 bits per heavy atom. The van der Waals surface area contributed by atoms with Crippen LogP contribution in [0, 0.1) is 0 Å². The number of piperazine rings is 1. The van der Waals surface area contributed by atoms with E-state index in [1.807, 2.05) is 16.3 Å². The molecule has 5 rings (SSSR count). The second-order valence-electron chi connectivity index (χ2n) is 9.06. The second kappa shape index (κ2) is 10.3. The Morgan fingerprint density at radius 1 is 1.26 bits per heavy atom. The average molecular weight is 500 g/mol. The standard InChI is InChI=1S/C24H29N5O5S/c1-33-15-21(30)27-7-8-29-17(12-27)14-34-23-19(5-2-6-25-23)22(31)26-16-10-20(24(29)32)28(11-16)13-18-4-3-9-35-18/h2-6,9,16-17,20H,7-8,10-15H2,1H3,(H,26,31)/t16-,17+,20+/m1/s1. The molecular weight excluding hydrogens is 470 g/mol. The van der Waals surface area contributed by atoms with Crippen LogP contribution in [0.4, 0.5) is 0 Å². The van der Waals surface area contributed by atoms with E-state index in [2.05, 4.69) is 21.3 Å². The molecule has 2 fully saturated rings. The number of nitrogens with zero attached hydrogens (tertiary/aromatic N) is 4. The third-order valence-corrected chi connectivity index (χ3v) is 7.64. The third-order valence-electron chi connectivity index (χ3n) is 6.78. The van der Waals surface area contributed by atoms with E-state index in [4.69, 9.17) is 9.47 Å². The highest BCUT2D eigenvalue weighted by molar-refractivity contribution is 7.09. The maximum absolute atomic E-state index is 13.9. The van der Waals surface area contributed by atoms with Crippen molar-refractivity contribution in [1.82, 2.24) is 25.0 Å². The van der Waals surface area contributed by atoms with Gasteiger partial charge in [-0.1, -0.05) is 6.07 Å². The average Bonchev–Trinajstić information content (AvgIpc) is 3.52. The molecular formula is C24H29N5O5S. The molecule has 5 heterocycles. The number of likely N-dealkylation sites (tertiary alicyclic amines) is 1. The first kappa shape index (κ1) is 23.7. The predicted octanol–water partition coefficient (Wildman–Crippen LogP) is 0.594. The number of nitrogens with one attached hydrogen (secondary N) is 1. The minimum absolute atomic E-state index is 0.00700. The summed E-state index contributed by atoms with van der Waals surface area (Å²) in [6, 6.07) is 6.56. The first-order valence-electron chi connectivity index (χ1n) is 11.8. The minimum atomic E-state index is -0.364. The summed E-state index contributed by atoms with van der Waals surface area (Å²) in [5.41, 5.74) is 0.363. The molecule has 0 aromatic carbocycles. The molecule has 3 aliphatic rings. The molecule has 3 amide bonds. The fourth-order valence-electron chi connectivity index (χ4n) is 5.08. The molecule has 10 nitrogen and oxygen atoms in total. The Labute approximate surface area is 207 Å². The van der Waals surface area contributed by atoms with Crippen molar-refractivity contribution in [2.45, 2.75) is 31.1 Å². The Bertz CT molecular complexity index is 1080. The molecule has 2 bridgehead atoms. The lowest BCUT2D eigenvalue weighted by Gasteiger charge is -2.43. The summed E-state index contributed by atoms with van der Waals surface area (Å²) >= 11 is 1.65. The van der Waals surface area contributed by atoms with Crippen LogP contribution in [-0.4, -0.2) is 102 Å². The fourth-order valence-corrected chi connectivity index (χ4v) is 5.81. The monoisotopic (exact) mass is 499 g/mol. The van der Waals surface area contributed by atoms with Crippen LogP contribution >= 0.6 is 11.3 Å². The van der Waals surface area contributed by atoms with Crippen molar-refractivity contribution in [3.8, 4) is 5.88 Å². The van der Waals surface area contributed by atoms with Crippen molar-refractivity contribution < 1.29 is 23.9 Å². The molecule has 0 unspecified atom stereocenters. The maximum atomic E-state index is 13.9. The Morgan fingerprint density at radius 2 is 2.14 bits per heavy atom. The summed E-state index contributed by atoms with van der Waals surface area (Å²) in [6.07, 6.45) is 2.10. The zero-order valence-corrected chi connectivity index (χ0v) is 20.4. The number of carbonyl (C=O) groups excluding carboxylic acids is 3. The van der Waals surface area contributed by atoms with Crippen molar-refractivity contribution >= 4 is 29.1 Å². The number of aromatic nitrogens is 1. The van der Waals surface area contributed by atoms with Gasteiger partial charge < -0.3 is 24.6 Å². The second-order valence-corrected chi connectivity index (χ2v) is 10.1. The zero-order chi connectivity index (χ0) is 24.4. The highest BCUT2D eigenvalue weighted by Crippen LogP contribution is 2.27. The summed E-state index contributed by atoms with van der Waals surface area (Å²) in [4.78, 5) is 50.7. The van der Waals surface area contributed by atoms with Crippen molar-refractivity contribution in [2.24, 2.45) is 0 Å². The smallest absolute Gasteiger partial charge is 0.257 e. The van der Waals surface area contributed by atoms with E-state index in [0.29, 0.717) is 44.7 Å². The van der Waals surface area contributed by atoms with Gasteiger partial charge >= 0.3 is 0 Å².